The molecule has 31 heavy (non-hydrogen) atoms. The number of alkyl halides is 1. The van der Waals surface area contributed by atoms with Crippen LogP contribution in [0.4, 0.5) is 10.3 Å². The number of nitrogens with one attached hydrogen (secondary N) is 2. The van der Waals surface area contributed by atoms with E-state index in [1.165, 1.54) is 6.20 Å². The molecule has 0 spiro atoms. The molecule has 1 aliphatic rings. The van der Waals surface area contributed by atoms with Crippen LogP contribution in [-0.4, -0.2) is 53.1 Å². The van der Waals surface area contributed by atoms with Gasteiger partial charge in [-0.3, -0.25) is 0 Å². The molecular formula is C22H28FN7O. The molecule has 9 heteroatoms. The van der Waals surface area contributed by atoms with Crippen LogP contribution in [0, 0.1) is 6.92 Å². The molecule has 1 aromatic carbocycles. The van der Waals surface area contributed by atoms with Gasteiger partial charge in [0, 0.05) is 28.9 Å². The lowest BCUT2D eigenvalue weighted by Crippen LogP contribution is -2.67. The van der Waals surface area contributed by atoms with E-state index in [1.807, 2.05) is 37.6 Å². The summed E-state index contributed by atoms with van der Waals surface area (Å²) in [6, 6.07) is 4.81. The predicted octanol–water partition coefficient (Wildman–Crippen LogP) is 3.41. The van der Waals surface area contributed by atoms with Crippen molar-refractivity contribution in [1.29, 1.82) is 0 Å². The van der Waals surface area contributed by atoms with E-state index in [4.69, 9.17) is 0 Å². The van der Waals surface area contributed by atoms with E-state index in [2.05, 4.69) is 44.6 Å². The van der Waals surface area contributed by atoms with Crippen molar-refractivity contribution >= 4 is 5.95 Å². The Morgan fingerprint density at radius 1 is 1.19 bits per heavy atom. The quantitative estimate of drug-likeness (QED) is 0.589. The van der Waals surface area contributed by atoms with Gasteiger partial charge in [-0.05, 0) is 53.2 Å². The standard InChI is InChI=1S/C22H28FN7O/c1-13-11-30(12-25-13)14-6-7-15(18(31)8-14)17-10-24-20(28-27-17)26-16-9-21(2,3)29-22(4,5)19(16)23/h6-8,10-12,16,19,29,31H,9H2,1-5H3,(H,24,26,28)/t16?,19-/m0/s1. The zero-order valence-corrected chi connectivity index (χ0v) is 18.4. The summed E-state index contributed by atoms with van der Waals surface area (Å²) in [5, 5.41) is 25.2. The van der Waals surface area contributed by atoms with Gasteiger partial charge in [-0.25, -0.2) is 14.4 Å². The third-order valence-electron chi connectivity index (χ3n) is 5.58. The fraction of sp³-hybridized carbons (Fsp3) is 0.455. The van der Waals surface area contributed by atoms with Crippen molar-refractivity contribution in [3.8, 4) is 22.7 Å². The van der Waals surface area contributed by atoms with Gasteiger partial charge in [-0.15, -0.1) is 10.2 Å². The fourth-order valence-corrected chi connectivity index (χ4v) is 4.36. The maximum Gasteiger partial charge on any atom is 0.243 e. The van der Waals surface area contributed by atoms with Crippen LogP contribution in [0.25, 0.3) is 16.9 Å². The monoisotopic (exact) mass is 425 g/mol. The Morgan fingerprint density at radius 3 is 2.58 bits per heavy atom. The first kappa shape index (κ1) is 21.2. The number of aromatic hydroxyl groups is 1. The number of anilines is 1. The third kappa shape index (κ3) is 4.36. The number of benzene rings is 1. The number of hydrogen-bond donors (Lipinski definition) is 3. The molecule has 2 aromatic heterocycles. The molecule has 3 aromatic rings. The van der Waals surface area contributed by atoms with E-state index >= 15 is 0 Å². The second-order valence-corrected chi connectivity index (χ2v) is 9.38. The second kappa shape index (κ2) is 7.56. The minimum Gasteiger partial charge on any atom is -0.507 e. The summed E-state index contributed by atoms with van der Waals surface area (Å²) in [5.41, 5.74) is 1.72. The molecule has 1 fully saturated rings. The number of aryl methyl sites for hydroxylation is 1. The Hall–Kier alpha value is -3.07. The molecule has 8 nitrogen and oxygen atoms in total. The molecule has 0 saturated carbocycles. The highest BCUT2D eigenvalue weighted by molar-refractivity contribution is 5.68. The summed E-state index contributed by atoms with van der Waals surface area (Å²) in [6.07, 6.45) is 4.55. The minimum absolute atomic E-state index is 0.0614. The first-order valence-corrected chi connectivity index (χ1v) is 10.3. The maximum atomic E-state index is 15.0. The molecule has 3 heterocycles. The van der Waals surface area contributed by atoms with Crippen LogP contribution in [-0.2, 0) is 0 Å². The molecule has 2 atom stereocenters. The molecule has 0 amide bonds. The van der Waals surface area contributed by atoms with Gasteiger partial charge in [0.25, 0.3) is 0 Å². The highest BCUT2D eigenvalue weighted by Crippen LogP contribution is 2.33. The predicted molar refractivity (Wildman–Crippen MR) is 117 cm³/mol. The number of piperidine rings is 1. The van der Waals surface area contributed by atoms with Crippen LogP contribution in [0.2, 0.25) is 0 Å². The number of phenolic OH excluding ortho intramolecular Hbond substituents is 1. The summed E-state index contributed by atoms with van der Waals surface area (Å²) in [6.45, 7) is 9.71. The van der Waals surface area contributed by atoms with Gasteiger partial charge in [0.15, 0.2) is 0 Å². The molecule has 0 radical (unpaired) electrons. The van der Waals surface area contributed by atoms with Crippen LogP contribution in [0.1, 0.15) is 39.8 Å². The van der Waals surface area contributed by atoms with Crippen LogP contribution < -0.4 is 10.6 Å². The second-order valence-electron chi connectivity index (χ2n) is 9.38. The van der Waals surface area contributed by atoms with Crippen molar-refractivity contribution < 1.29 is 9.50 Å². The fourth-order valence-electron chi connectivity index (χ4n) is 4.36. The Kier molecular flexibility index (Phi) is 5.17. The summed E-state index contributed by atoms with van der Waals surface area (Å²) in [4.78, 5) is 8.50. The lowest BCUT2D eigenvalue weighted by molar-refractivity contribution is 0.0654. The van der Waals surface area contributed by atoms with Gasteiger partial charge in [-0.1, -0.05) is 0 Å². The SMILES string of the molecule is Cc1cn(-c2ccc(-c3cnc(NC4CC(C)(C)NC(C)(C)[C@H]4F)nn3)c(O)c2)cn1. The first-order valence-electron chi connectivity index (χ1n) is 10.3. The zero-order valence-electron chi connectivity index (χ0n) is 18.4. The average Bonchev–Trinajstić information content (AvgIpc) is 3.12. The smallest absolute Gasteiger partial charge is 0.243 e. The number of hydrogen-bond acceptors (Lipinski definition) is 7. The molecule has 1 unspecified atom stereocenters. The molecule has 3 N–H and O–H groups in total. The summed E-state index contributed by atoms with van der Waals surface area (Å²) >= 11 is 0. The largest absolute Gasteiger partial charge is 0.507 e. The normalized spacial score (nSPS) is 22.3. The summed E-state index contributed by atoms with van der Waals surface area (Å²) < 4.78 is 16.8. The van der Waals surface area contributed by atoms with Gasteiger partial charge < -0.3 is 20.3 Å². The van der Waals surface area contributed by atoms with Gasteiger partial charge >= 0.3 is 0 Å². The van der Waals surface area contributed by atoms with E-state index < -0.39 is 17.8 Å². The van der Waals surface area contributed by atoms with Gasteiger partial charge in [-0.2, -0.15) is 0 Å². The highest BCUT2D eigenvalue weighted by atomic mass is 19.1. The first-order chi connectivity index (χ1) is 14.5. The van der Waals surface area contributed by atoms with Crippen molar-refractivity contribution in [3.63, 3.8) is 0 Å². The summed E-state index contributed by atoms with van der Waals surface area (Å²) in [5.74, 6) is 0.321. The van der Waals surface area contributed by atoms with Crippen LogP contribution in [0.5, 0.6) is 5.75 Å². The average molecular weight is 426 g/mol. The lowest BCUT2D eigenvalue weighted by Gasteiger charge is -2.48. The number of phenols is 1. The van der Waals surface area contributed by atoms with E-state index in [-0.39, 0.29) is 17.2 Å². The number of imidazole rings is 1. The Balaban J connectivity index is 1.52. The molecule has 1 saturated heterocycles. The van der Waals surface area contributed by atoms with E-state index in [1.54, 1.807) is 18.5 Å². The Labute approximate surface area is 181 Å². The number of rotatable bonds is 4. The molecule has 0 bridgehead atoms. The van der Waals surface area contributed by atoms with E-state index in [0.717, 1.165) is 11.4 Å². The topological polar surface area (TPSA) is 101 Å². The number of nitrogens with zero attached hydrogens (tertiary/aromatic N) is 5. The van der Waals surface area contributed by atoms with Gasteiger partial charge in [0.05, 0.1) is 29.9 Å². The van der Waals surface area contributed by atoms with Crippen molar-refractivity contribution in [2.45, 2.75) is 64.3 Å². The van der Waals surface area contributed by atoms with E-state index in [9.17, 15) is 9.50 Å². The zero-order chi connectivity index (χ0) is 22.4. The van der Waals surface area contributed by atoms with Crippen molar-refractivity contribution in [3.05, 3.63) is 42.6 Å². The highest BCUT2D eigenvalue weighted by Gasteiger charge is 2.46. The Morgan fingerprint density at radius 2 is 1.97 bits per heavy atom. The van der Waals surface area contributed by atoms with Crippen molar-refractivity contribution in [2.75, 3.05) is 5.32 Å². The van der Waals surface area contributed by atoms with Crippen molar-refractivity contribution in [2.24, 2.45) is 0 Å². The Bertz CT molecular complexity index is 1080. The minimum atomic E-state index is -1.12. The number of aromatic nitrogens is 5. The maximum absolute atomic E-state index is 15.0. The van der Waals surface area contributed by atoms with Crippen molar-refractivity contribution in [1.82, 2.24) is 30.0 Å². The van der Waals surface area contributed by atoms with Crippen LogP contribution in [0.15, 0.2) is 36.9 Å². The molecule has 0 aliphatic carbocycles. The molecule has 1 aliphatic heterocycles. The molecule has 164 valence electrons. The number of halogens is 1. The van der Waals surface area contributed by atoms with Crippen LogP contribution >= 0.6 is 0 Å². The molecule has 4 rings (SSSR count). The van der Waals surface area contributed by atoms with Gasteiger partial charge in [0.2, 0.25) is 5.95 Å². The third-order valence-corrected chi connectivity index (χ3v) is 5.58. The summed E-state index contributed by atoms with van der Waals surface area (Å²) in [7, 11) is 0. The molecular weight excluding hydrogens is 397 g/mol. The van der Waals surface area contributed by atoms with Crippen LogP contribution in [0.3, 0.4) is 0 Å². The van der Waals surface area contributed by atoms with E-state index in [0.29, 0.717) is 17.7 Å². The lowest BCUT2D eigenvalue weighted by atomic mass is 9.78. The van der Waals surface area contributed by atoms with Gasteiger partial charge in [0.1, 0.15) is 17.6 Å².